The molecule has 1 aromatic heterocycles. The third kappa shape index (κ3) is 2.46. The van der Waals surface area contributed by atoms with Gasteiger partial charge in [-0.1, -0.05) is 6.07 Å². The van der Waals surface area contributed by atoms with Crippen molar-refractivity contribution in [1.82, 2.24) is 9.55 Å². The molecule has 1 unspecified atom stereocenters. The zero-order chi connectivity index (χ0) is 14.8. The van der Waals surface area contributed by atoms with Gasteiger partial charge in [-0.05, 0) is 17.7 Å². The van der Waals surface area contributed by atoms with E-state index in [1.165, 1.54) is 6.33 Å². The first-order chi connectivity index (χ1) is 10.2. The number of benzene rings is 1. The Kier molecular flexibility index (Phi) is 3.32. The van der Waals surface area contributed by atoms with Crippen LogP contribution in [0.2, 0.25) is 0 Å². The molecule has 0 radical (unpaired) electrons. The first-order valence-corrected chi connectivity index (χ1v) is 6.50. The Hall–Kier alpha value is -2.81. The molecule has 1 atom stereocenters. The van der Waals surface area contributed by atoms with E-state index in [2.05, 4.69) is 4.98 Å². The van der Waals surface area contributed by atoms with Crippen molar-refractivity contribution in [1.29, 1.82) is 5.26 Å². The molecule has 1 aliphatic rings. The number of rotatable bonds is 3. The van der Waals surface area contributed by atoms with Crippen molar-refractivity contribution in [2.75, 3.05) is 13.2 Å². The van der Waals surface area contributed by atoms with Gasteiger partial charge >= 0.3 is 0 Å². The van der Waals surface area contributed by atoms with Gasteiger partial charge in [0.15, 0.2) is 11.5 Å². The summed E-state index contributed by atoms with van der Waals surface area (Å²) in [6, 6.07) is 7.15. The lowest BCUT2D eigenvalue weighted by Gasteiger charge is -2.19. The molecule has 0 spiro atoms. The maximum Gasteiger partial charge on any atom is 0.204 e. The van der Waals surface area contributed by atoms with Crippen LogP contribution in [-0.4, -0.2) is 28.5 Å². The number of imidazole rings is 1. The lowest BCUT2D eigenvalue weighted by Crippen LogP contribution is -2.17. The molecule has 2 aromatic rings. The highest BCUT2D eigenvalue weighted by molar-refractivity contribution is 6.01. The van der Waals surface area contributed by atoms with Crippen LogP contribution in [0.4, 0.5) is 0 Å². The number of ketones is 1. The normalized spacial score (nSPS) is 14.3. The summed E-state index contributed by atoms with van der Waals surface area (Å²) in [7, 11) is 1.77. The monoisotopic (exact) mass is 283 g/mol. The van der Waals surface area contributed by atoms with Crippen LogP contribution in [0, 0.1) is 11.3 Å². The molecule has 0 aliphatic carbocycles. The number of hydrogen-bond donors (Lipinski definition) is 0. The zero-order valence-corrected chi connectivity index (χ0v) is 11.4. The van der Waals surface area contributed by atoms with Gasteiger partial charge in [0, 0.05) is 13.2 Å². The highest BCUT2D eigenvalue weighted by atomic mass is 16.6. The molecule has 0 amide bonds. The summed E-state index contributed by atoms with van der Waals surface area (Å²) in [6.07, 6.45) is 3.14. The number of Topliss-reactive ketones (excluding diaryl/α,β-unsaturated/α-hetero) is 1. The molecular formula is C15H13N3O3. The highest BCUT2D eigenvalue weighted by Gasteiger charge is 2.25. The summed E-state index contributed by atoms with van der Waals surface area (Å²) in [5.74, 6) is -0.0368. The number of nitriles is 1. The molecule has 106 valence electrons. The van der Waals surface area contributed by atoms with Crippen LogP contribution < -0.4 is 9.47 Å². The molecule has 0 fully saturated rings. The number of nitrogens with zero attached hydrogens (tertiary/aromatic N) is 3. The van der Waals surface area contributed by atoms with Crippen molar-refractivity contribution in [3.63, 3.8) is 0 Å². The molecule has 3 rings (SSSR count). The second kappa shape index (κ2) is 5.29. The highest BCUT2D eigenvalue weighted by Crippen LogP contribution is 2.33. The van der Waals surface area contributed by atoms with Crippen LogP contribution in [0.15, 0.2) is 30.7 Å². The van der Waals surface area contributed by atoms with E-state index in [0.29, 0.717) is 30.3 Å². The van der Waals surface area contributed by atoms with Gasteiger partial charge in [-0.15, -0.1) is 0 Å². The Morgan fingerprint density at radius 1 is 1.38 bits per heavy atom. The Labute approximate surface area is 121 Å². The SMILES string of the molecule is Cn1cnc(C(=O)C(C#N)c2ccc3c(c2)OCCO3)c1. The Morgan fingerprint density at radius 3 is 2.81 bits per heavy atom. The van der Waals surface area contributed by atoms with Crippen LogP contribution in [0.3, 0.4) is 0 Å². The topological polar surface area (TPSA) is 77.1 Å². The molecule has 1 aliphatic heterocycles. The van der Waals surface area contributed by atoms with Crippen LogP contribution in [0.1, 0.15) is 22.0 Å². The van der Waals surface area contributed by atoms with E-state index in [9.17, 15) is 10.1 Å². The van der Waals surface area contributed by atoms with E-state index in [1.807, 2.05) is 6.07 Å². The third-order valence-corrected chi connectivity index (χ3v) is 3.25. The smallest absolute Gasteiger partial charge is 0.204 e. The molecule has 0 saturated heterocycles. The minimum Gasteiger partial charge on any atom is -0.486 e. The Bertz CT molecular complexity index is 730. The largest absolute Gasteiger partial charge is 0.486 e. The average Bonchev–Trinajstić information content (AvgIpc) is 2.94. The molecule has 2 heterocycles. The van der Waals surface area contributed by atoms with Gasteiger partial charge in [0.25, 0.3) is 0 Å². The van der Waals surface area contributed by atoms with Gasteiger partial charge in [-0.2, -0.15) is 5.26 Å². The number of aryl methyl sites for hydroxylation is 1. The van der Waals surface area contributed by atoms with Crippen molar-refractivity contribution in [3.05, 3.63) is 42.0 Å². The van der Waals surface area contributed by atoms with E-state index in [-0.39, 0.29) is 11.5 Å². The quantitative estimate of drug-likeness (QED) is 0.801. The fourth-order valence-electron chi connectivity index (χ4n) is 2.21. The number of ether oxygens (including phenoxy) is 2. The minimum absolute atomic E-state index is 0.277. The fourth-order valence-corrected chi connectivity index (χ4v) is 2.21. The lowest BCUT2D eigenvalue weighted by atomic mass is 9.94. The third-order valence-electron chi connectivity index (χ3n) is 3.25. The summed E-state index contributed by atoms with van der Waals surface area (Å²) >= 11 is 0. The maximum absolute atomic E-state index is 12.4. The van der Waals surface area contributed by atoms with E-state index in [4.69, 9.17) is 9.47 Å². The van der Waals surface area contributed by atoms with Gasteiger partial charge in [-0.25, -0.2) is 4.98 Å². The lowest BCUT2D eigenvalue weighted by molar-refractivity contribution is 0.0974. The maximum atomic E-state index is 12.4. The average molecular weight is 283 g/mol. The van der Waals surface area contributed by atoms with E-state index < -0.39 is 5.92 Å². The van der Waals surface area contributed by atoms with Crippen LogP contribution in [0.25, 0.3) is 0 Å². The predicted molar refractivity (Wildman–Crippen MR) is 73.3 cm³/mol. The van der Waals surface area contributed by atoms with Crippen LogP contribution >= 0.6 is 0 Å². The number of hydrogen-bond acceptors (Lipinski definition) is 5. The van der Waals surface area contributed by atoms with E-state index in [1.54, 1.807) is 36.0 Å². The molecule has 6 nitrogen and oxygen atoms in total. The van der Waals surface area contributed by atoms with E-state index >= 15 is 0 Å². The molecule has 1 aromatic carbocycles. The number of fused-ring (bicyclic) bond motifs is 1. The van der Waals surface area contributed by atoms with Crippen LogP contribution in [0.5, 0.6) is 11.5 Å². The van der Waals surface area contributed by atoms with Gasteiger partial charge < -0.3 is 14.0 Å². The molecular weight excluding hydrogens is 270 g/mol. The molecule has 0 bridgehead atoms. The number of carbonyl (C=O) groups excluding carboxylic acids is 1. The number of carbonyl (C=O) groups is 1. The summed E-state index contributed by atoms with van der Waals surface area (Å²) in [4.78, 5) is 16.4. The van der Waals surface area contributed by atoms with Crippen molar-refractivity contribution in [2.24, 2.45) is 7.05 Å². The van der Waals surface area contributed by atoms with Gasteiger partial charge in [0.2, 0.25) is 5.78 Å². The van der Waals surface area contributed by atoms with Crippen molar-refractivity contribution in [3.8, 4) is 17.6 Å². The first kappa shape index (κ1) is 13.2. The summed E-state index contributed by atoms with van der Waals surface area (Å²) in [6.45, 7) is 0.961. The van der Waals surface area contributed by atoms with Gasteiger partial charge in [0.05, 0.1) is 12.4 Å². The molecule has 6 heteroatoms. The molecule has 0 saturated carbocycles. The Balaban J connectivity index is 1.93. The summed E-state index contributed by atoms with van der Waals surface area (Å²) < 4.78 is 12.6. The molecule has 0 N–H and O–H groups in total. The van der Waals surface area contributed by atoms with Crippen molar-refractivity contribution >= 4 is 5.78 Å². The summed E-state index contributed by atoms with van der Waals surface area (Å²) in [5, 5.41) is 9.34. The fraction of sp³-hybridized carbons (Fsp3) is 0.267. The minimum atomic E-state index is -0.907. The standard InChI is InChI=1S/C15H13N3O3/c1-18-8-12(17-9-18)15(19)11(7-16)10-2-3-13-14(6-10)21-5-4-20-13/h2-3,6,8-9,11H,4-5H2,1H3. The van der Waals surface area contributed by atoms with E-state index in [0.717, 1.165) is 0 Å². The second-order valence-electron chi connectivity index (χ2n) is 4.75. The second-order valence-corrected chi connectivity index (χ2v) is 4.75. The predicted octanol–water partition coefficient (Wildman–Crippen LogP) is 1.68. The van der Waals surface area contributed by atoms with Crippen molar-refractivity contribution in [2.45, 2.75) is 5.92 Å². The first-order valence-electron chi connectivity index (χ1n) is 6.50. The van der Waals surface area contributed by atoms with Crippen molar-refractivity contribution < 1.29 is 14.3 Å². The van der Waals surface area contributed by atoms with Gasteiger partial charge in [0.1, 0.15) is 24.8 Å². The molecule has 21 heavy (non-hydrogen) atoms. The Morgan fingerprint density at radius 2 is 2.14 bits per heavy atom. The zero-order valence-electron chi connectivity index (χ0n) is 11.4. The van der Waals surface area contributed by atoms with Gasteiger partial charge in [-0.3, -0.25) is 4.79 Å². The van der Waals surface area contributed by atoms with Crippen LogP contribution in [-0.2, 0) is 7.05 Å². The summed E-state index contributed by atoms with van der Waals surface area (Å²) in [5.41, 5.74) is 0.858. The number of aromatic nitrogens is 2.